The van der Waals surface area contributed by atoms with Gasteiger partial charge in [-0.25, -0.2) is 4.79 Å². The molecular formula is C22H22N2O4. The zero-order chi connectivity index (χ0) is 20.5. The quantitative estimate of drug-likeness (QED) is 0.449. The number of ether oxygens (including phenoxy) is 2. The van der Waals surface area contributed by atoms with Crippen molar-refractivity contribution in [2.75, 3.05) is 11.9 Å². The number of hydrogen-bond acceptors (Lipinski definition) is 5. The number of rotatable bonds is 7. The minimum atomic E-state index is -1.05. The summed E-state index contributed by atoms with van der Waals surface area (Å²) in [5.41, 5.74) is 2.05. The molecule has 2 aromatic rings. The van der Waals surface area contributed by atoms with E-state index in [0.717, 1.165) is 5.56 Å². The predicted molar refractivity (Wildman–Crippen MR) is 107 cm³/mol. The van der Waals surface area contributed by atoms with Crippen molar-refractivity contribution >= 4 is 23.6 Å². The van der Waals surface area contributed by atoms with Crippen molar-refractivity contribution in [3.8, 4) is 11.8 Å². The first-order valence-corrected chi connectivity index (χ1v) is 8.86. The van der Waals surface area contributed by atoms with Crippen molar-refractivity contribution in [1.29, 1.82) is 5.26 Å². The molecular weight excluding hydrogens is 356 g/mol. The number of carbonyl (C=O) groups excluding carboxylic acids is 2. The van der Waals surface area contributed by atoms with Crippen molar-refractivity contribution in [2.45, 2.75) is 26.9 Å². The third-order valence-electron chi connectivity index (χ3n) is 3.78. The average Bonchev–Trinajstić information content (AvgIpc) is 2.67. The van der Waals surface area contributed by atoms with Crippen LogP contribution in [0.2, 0.25) is 0 Å². The van der Waals surface area contributed by atoms with E-state index in [4.69, 9.17) is 9.47 Å². The average molecular weight is 378 g/mol. The van der Waals surface area contributed by atoms with Gasteiger partial charge in [0.15, 0.2) is 6.10 Å². The number of nitrogens with one attached hydrogen (secondary N) is 1. The van der Waals surface area contributed by atoms with Crippen molar-refractivity contribution in [3.05, 3.63) is 65.2 Å². The fraction of sp³-hybridized carbons (Fsp3) is 0.227. The van der Waals surface area contributed by atoms with Crippen LogP contribution in [0.5, 0.6) is 5.75 Å². The van der Waals surface area contributed by atoms with Gasteiger partial charge in [0.2, 0.25) is 0 Å². The van der Waals surface area contributed by atoms with E-state index in [-0.39, 0.29) is 5.57 Å². The molecule has 0 unspecified atom stereocenters. The van der Waals surface area contributed by atoms with Crippen LogP contribution in [-0.4, -0.2) is 24.6 Å². The highest BCUT2D eigenvalue weighted by atomic mass is 16.5. The Morgan fingerprint density at radius 3 is 2.54 bits per heavy atom. The Bertz CT molecular complexity index is 911. The molecule has 28 heavy (non-hydrogen) atoms. The lowest BCUT2D eigenvalue weighted by molar-refractivity contribution is -0.148. The molecule has 0 heterocycles. The van der Waals surface area contributed by atoms with Crippen LogP contribution in [0.15, 0.2) is 54.1 Å². The van der Waals surface area contributed by atoms with E-state index in [2.05, 4.69) is 5.32 Å². The summed E-state index contributed by atoms with van der Waals surface area (Å²) in [6.07, 6.45) is 0.355. The van der Waals surface area contributed by atoms with Gasteiger partial charge in [0.25, 0.3) is 5.91 Å². The molecule has 0 aromatic heterocycles. The molecule has 0 spiro atoms. The molecule has 0 aliphatic heterocycles. The number of esters is 1. The number of benzene rings is 2. The smallest absolute Gasteiger partial charge is 0.349 e. The Hall–Kier alpha value is -3.59. The van der Waals surface area contributed by atoms with E-state index >= 15 is 0 Å². The Balaban J connectivity index is 2.02. The zero-order valence-corrected chi connectivity index (χ0v) is 16.1. The molecule has 0 radical (unpaired) electrons. The number of anilines is 1. The van der Waals surface area contributed by atoms with E-state index < -0.39 is 18.0 Å². The fourth-order valence-corrected chi connectivity index (χ4v) is 2.37. The molecule has 1 atom stereocenters. The number of nitrogens with zero attached hydrogens (tertiary/aromatic N) is 1. The molecule has 0 saturated carbocycles. The van der Waals surface area contributed by atoms with Crippen LogP contribution in [0, 0.1) is 18.3 Å². The Labute approximate surface area is 164 Å². The van der Waals surface area contributed by atoms with Gasteiger partial charge in [-0.3, -0.25) is 4.79 Å². The molecule has 6 heteroatoms. The summed E-state index contributed by atoms with van der Waals surface area (Å²) in [6.45, 7) is 5.79. The number of hydrogen-bond donors (Lipinski definition) is 1. The Morgan fingerprint density at radius 2 is 1.93 bits per heavy atom. The second kappa shape index (κ2) is 9.93. The van der Waals surface area contributed by atoms with Gasteiger partial charge in [-0.15, -0.1) is 0 Å². The normalized spacial score (nSPS) is 11.9. The molecule has 0 fully saturated rings. The van der Waals surface area contributed by atoms with Gasteiger partial charge in [0, 0.05) is 5.69 Å². The highest BCUT2D eigenvalue weighted by Crippen LogP contribution is 2.16. The first-order valence-electron chi connectivity index (χ1n) is 8.86. The highest BCUT2D eigenvalue weighted by Gasteiger charge is 2.20. The maximum atomic E-state index is 12.3. The summed E-state index contributed by atoms with van der Waals surface area (Å²) in [5, 5.41) is 11.9. The van der Waals surface area contributed by atoms with Crippen molar-refractivity contribution in [1.82, 2.24) is 0 Å². The summed E-state index contributed by atoms with van der Waals surface area (Å²) in [5.74, 6) is -0.636. The monoisotopic (exact) mass is 378 g/mol. The molecule has 0 aliphatic carbocycles. The number of carbonyl (C=O) groups is 2. The van der Waals surface area contributed by atoms with Crippen LogP contribution in [0.4, 0.5) is 5.69 Å². The van der Waals surface area contributed by atoms with E-state index in [1.165, 1.54) is 13.0 Å². The molecule has 2 aromatic carbocycles. The number of aryl methyl sites for hydroxylation is 1. The van der Waals surface area contributed by atoms with E-state index in [9.17, 15) is 14.9 Å². The molecule has 2 rings (SSSR count). The van der Waals surface area contributed by atoms with Crippen molar-refractivity contribution in [3.63, 3.8) is 0 Å². The van der Waals surface area contributed by atoms with Crippen LogP contribution >= 0.6 is 0 Å². The molecule has 0 saturated heterocycles. The van der Waals surface area contributed by atoms with Crippen LogP contribution in [0.3, 0.4) is 0 Å². The Morgan fingerprint density at radius 1 is 1.21 bits per heavy atom. The van der Waals surface area contributed by atoms with Crippen LogP contribution < -0.4 is 10.1 Å². The lowest BCUT2D eigenvalue weighted by Crippen LogP contribution is -2.30. The SMILES string of the molecule is CCOc1ccc(/C=C(\C#N)C(=O)O[C@H](C)C(=O)Nc2cccc(C)c2)cc1. The molecule has 6 nitrogen and oxygen atoms in total. The van der Waals surface area contributed by atoms with Gasteiger partial charge in [0.05, 0.1) is 6.61 Å². The van der Waals surface area contributed by atoms with Gasteiger partial charge in [-0.2, -0.15) is 5.26 Å². The largest absolute Gasteiger partial charge is 0.494 e. The zero-order valence-electron chi connectivity index (χ0n) is 16.1. The highest BCUT2D eigenvalue weighted by molar-refractivity contribution is 6.01. The lowest BCUT2D eigenvalue weighted by atomic mass is 10.1. The second-order valence-electron chi connectivity index (χ2n) is 6.08. The minimum absolute atomic E-state index is 0.195. The van der Waals surface area contributed by atoms with Gasteiger partial charge < -0.3 is 14.8 Å². The fourth-order valence-electron chi connectivity index (χ4n) is 2.37. The first-order chi connectivity index (χ1) is 13.4. The molecule has 1 N–H and O–H groups in total. The summed E-state index contributed by atoms with van der Waals surface area (Å²) < 4.78 is 10.5. The number of amides is 1. The minimum Gasteiger partial charge on any atom is -0.494 e. The Kier molecular flexibility index (Phi) is 7.35. The van der Waals surface area contributed by atoms with E-state index in [1.54, 1.807) is 36.4 Å². The standard InChI is InChI=1S/C22H22N2O4/c1-4-27-20-10-8-17(9-11-20)13-18(14-23)22(26)28-16(3)21(25)24-19-7-5-6-15(2)12-19/h5-13,16H,4H2,1-3H3,(H,24,25)/b18-13+/t16-/m1/s1. The number of nitriles is 1. The molecule has 0 bridgehead atoms. The third-order valence-corrected chi connectivity index (χ3v) is 3.78. The maximum absolute atomic E-state index is 12.3. The maximum Gasteiger partial charge on any atom is 0.349 e. The summed E-state index contributed by atoms with van der Waals surface area (Å²) in [7, 11) is 0. The summed E-state index contributed by atoms with van der Waals surface area (Å²) >= 11 is 0. The third kappa shape index (κ3) is 5.99. The van der Waals surface area contributed by atoms with Gasteiger partial charge >= 0.3 is 5.97 Å². The van der Waals surface area contributed by atoms with E-state index in [0.29, 0.717) is 23.6 Å². The second-order valence-corrected chi connectivity index (χ2v) is 6.08. The first kappa shape index (κ1) is 20.7. The molecule has 144 valence electrons. The molecule has 0 aliphatic rings. The summed E-state index contributed by atoms with van der Waals surface area (Å²) in [6, 6.07) is 16.0. The van der Waals surface area contributed by atoms with Crippen LogP contribution in [0.1, 0.15) is 25.0 Å². The van der Waals surface area contributed by atoms with Crippen molar-refractivity contribution in [2.24, 2.45) is 0 Å². The van der Waals surface area contributed by atoms with E-state index in [1.807, 2.05) is 32.0 Å². The van der Waals surface area contributed by atoms with Gasteiger partial charge in [0.1, 0.15) is 17.4 Å². The van der Waals surface area contributed by atoms with Gasteiger partial charge in [-0.05, 0) is 62.2 Å². The molecule has 1 amide bonds. The van der Waals surface area contributed by atoms with Crippen LogP contribution in [0.25, 0.3) is 6.08 Å². The van der Waals surface area contributed by atoms with Gasteiger partial charge in [-0.1, -0.05) is 24.3 Å². The lowest BCUT2D eigenvalue weighted by Gasteiger charge is -2.13. The predicted octanol–water partition coefficient (Wildman–Crippen LogP) is 3.87. The topological polar surface area (TPSA) is 88.4 Å². The van der Waals surface area contributed by atoms with Crippen LogP contribution in [-0.2, 0) is 14.3 Å². The van der Waals surface area contributed by atoms with Crippen molar-refractivity contribution < 1.29 is 19.1 Å². The summed E-state index contributed by atoms with van der Waals surface area (Å²) in [4.78, 5) is 24.5.